The molecule has 0 radical (unpaired) electrons. The molecule has 28 heavy (non-hydrogen) atoms. The zero-order valence-corrected chi connectivity index (χ0v) is 16.4. The number of phenolic OH excluding ortho intramolecular Hbond substituents is 1. The third-order valence-electron chi connectivity index (χ3n) is 4.68. The Kier molecular flexibility index (Phi) is 6.74. The van der Waals surface area contributed by atoms with E-state index in [1.54, 1.807) is 18.2 Å². The van der Waals surface area contributed by atoms with Crippen molar-refractivity contribution in [2.24, 2.45) is 10.9 Å². The van der Waals surface area contributed by atoms with Crippen LogP contribution in [0.25, 0.3) is 0 Å². The van der Waals surface area contributed by atoms with Gasteiger partial charge in [0.05, 0.1) is 19.2 Å². The molecule has 0 aromatic heterocycles. The highest BCUT2D eigenvalue weighted by molar-refractivity contribution is 5.80. The highest BCUT2D eigenvalue weighted by Crippen LogP contribution is 2.30. The van der Waals surface area contributed by atoms with Crippen LogP contribution in [0, 0.1) is 11.7 Å². The van der Waals surface area contributed by atoms with Crippen molar-refractivity contribution >= 4 is 5.96 Å². The van der Waals surface area contributed by atoms with Gasteiger partial charge in [0.2, 0.25) is 0 Å². The first-order valence-corrected chi connectivity index (χ1v) is 9.80. The molecule has 1 atom stereocenters. The van der Waals surface area contributed by atoms with E-state index in [0.717, 1.165) is 17.7 Å². The van der Waals surface area contributed by atoms with Crippen LogP contribution in [-0.2, 0) is 6.54 Å². The third-order valence-corrected chi connectivity index (χ3v) is 4.68. The zero-order valence-electron chi connectivity index (χ0n) is 16.4. The molecule has 5 nitrogen and oxygen atoms in total. The molecule has 0 heterocycles. The molecule has 6 heteroatoms. The van der Waals surface area contributed by atoms with Crippen LogP contribution in [0.5, 0.6) is 11.5 Å². The van der Waals surface area contributed by atoms with Gasteiger partial charge in [0.1, 0.15) is 5.75 Å². The molecular formula is C22H28FN3O2. The van der Waals surface area contributed by atoms with Gasteiger partial charge in [0.15, 0.2) is 17.5 Å². The van der Waals surface area contributed by atoms with Crippen molar-refractivity contribution in [3.8, 4) is 11.5 Å². The van der Waals surface area contributed by atoms with Crippen LogP contribution in [-0.4, -0.2) is 24.2 Å². The van der Waals surface area contributed by atoms with Crippen LogP contribution in [0.1, 0.15) is 43.9 Å². The highest BCUT2D eigenvalue weighted by Gasteiger charge is 2.22. The first kappa shape index (κ1) is 20.0. The fourth-order valence-electron chi connectivity index (χ4n) is 2.78. The number of aromatic hydroxyl groups is 1. The molecule has 1 aliphatic rings. The van der Waals surface area contributed by atoms with Crippen molar-refractivity contribution in [1.29, 1.82) is 0 Å². The van der Waals surface area contributed by atoms with Gasteiger partial charge in [-0.05, 0) is 68.0 Å². The minimum Gasteiger partial charge on any atom is -0.508 e. The maximum Gasteiger partial charge on any atom is 0.192 e. The zero-order chi connectivity index (χ0) is 19.9. The number of rotatable bonds is 8. The molecule has 0 amide bonds. The summed E-state index contributed by atoms with van der Waals surface area (Å²) < 4.78 is 19.9. The van der Waals surface area contributed by atoms with Gasteiger partial charge in [0, 0.05) is 6.54 Å². The van der Waals surface area contributed by atoms with Crippen molar-refractivity contribution < 1.29 is 14.2 Å². The van der Waals surface area contributed by atoms with Gasteiger partial charge >= 0.3 is 0 Å². The first-order valence-electron chi connectivity index (χ1n) is 9.80. The number of ether oxygens (including phenoxy) is 1. The van der Waals surface area contributed by atoms with E-state index in [2.05, 4.69) is 15.6 Å². The SMILES string of the molecule is CCNC(=NCc1ccc(O)cc1)NC(C)c1ccc(OCC2CC2)c(F)c1. The highest BCUT2D eigenvalue weighted by atomic mass is 19.1. The van der Waals surface area contributed by atoms with Crippen LogP contribution in [0.4, 0.5) is 4.39 Å². The Labute approximate surface area is 165 Å². The molecule has 150 valence electrons. The van der Waals surface area contributed by atoms with Crippen LogP contribution in [0.2, 0.25) is 0 Å². The molecule has 2 aromatic carbocycles. The van der Waals surface area contributed by atoms with Crippen molar-refractivity contribution in [2.45, 2.75) is 39.3 Å². The Morgan fingerprint density at radius 3 is 2.64 bits per heavy atom. The normalized spacial score (nSPS) is 15.2. The number of benzene rings is 2. The summed E-state index contributed by atoms with van der Waals surface area (Å²) in [7, 11) is 0. The molecule has 0 saturated heterocycles. The minimum absolute atomic E-state index is 0.121. The number of halogens is 1. The molecule has 1 aliphatic carbocycles. The lowest BCUT2D eigenvalue weighted by Crippen LogP contribution is -2.38. The van der Waals surface area contributed by atoms with E-state index in [4.69, 9.17) is 4.74 Å². The number of hydrogen-bond acceptors (Lipinski definition) is 3. The smallest absolute Gasteiger partial charge is 0.192 e. The lowest BCUT2D eigenvalue weighted by molar-refractivity contribution is 0.285. The van der Waals surface area contributed by atoms with Gasteiger partial charge in [-0.2, -0.15) is 0 Å². The van der Waals surface area contributed by atoms with E-state index in [9.17, 15) is 9.50 Å². The van der Waals surface area contributed by atoms with Crippen LogP contribution in [0.3, 0.4) is 0 Å². The summed E-state index contributed by atoms with van der Waals surface area (Å²) in [6.45, 7) is 5.75. The van der Waals surface area contributed by atoms with E-state index >= 15 is 0 Å². The number of phenols is 1. The van der Waals surface area contributed by atoms with Gasteiger partial charge in [-0.15, -0.1) is 0 Å². The number of hydrogen-bond donors (Lipinski definition) is 3. The lowest BCUT2D eigenvalue weighted by Gasteiger charge is -2.19. The number of aliphatic imine (C=N–C) groups is 1. The van der Waals surface area contributed by atoms with E-state index in [-0.39, 0.29) is 17.6 Å². The number of nitrogens with one attached hydrogen (secondary N) is 2. The largest absolute Gasteiger partial charge is 0.508 e. The average molecular weight is 385 g/mol. The maximum absolute atomic E-state index is 14.3. The predicted molar refractivity (Wildman–Crippen MR) is 109 cm³/mol. The molecule has 1 saturated carbocycles. The summed E-state index contributed by atoms with van der Waals surface area (Å²) in [6.07, 6.45) is 2.36. The minimum atomic E-state index is -0.335. The van der Waals surface area contributed by atoms with Crippen LogP contribution < -0.4 is 15.4 Å². The second kappa shape index (κ2) is 9.44. The Morgan fingerprint density at radius 2 is 2.00 bits per heavy atom. The van der Waals surface area contributed by atoms with Crippen molar-refractivity contribution in [1.82, 2.24) is 10.6 Å². The summed E-state index contributed by atoms with van der Waals surface area (Å²) in [6, 6.07) is 11.9. The van der Waals surface area contributed by atoms with Crippen LogP contribution in [0.15, 0.2) is 47.5 Å². The monoisotopic (exact) mass is 385 g/mol. The molecule has 1 unspecified atom stereocenters. The lowest BCUT2D eigenvalue weighted by atomic mass is 10.1. The fourth-order valence-corrected chi connectivity index (χ4v) is 2.78. The molecule has 3 N–H and O–H groups in total. The maximum atomic E-state index is 14.3. The molecule has 2 aromatic rings. The van der Waals surface area contributed by atoms with Gasteiger partial charge in [-0.1, -0.05) is 18.2 Å². The van der Waals surface area contributed by atoms with Gasteiger partial charge in [0.25, 0.3) is 0 Å². The summed E-state index contributed by atoms with van der Waals surface area (Å²) in [5.74, 6) is 1.45. The second-order valence-electron chi connectivity index (χ2n) is 7.17. The predicted octanol–water partition coefficient (Wildman–Crippen LogP) is 4.14. The van der Waals surface area contributed by atoms with Crippen molar-refractivity contribution in [2.75, 3.05) is 13.2 Å². The molecular weight excluding hydrogens is 357 g/mol. The molecule has 3 rings (SSSR count). The Bertz CT molecular complexity index is 804. The summed E-state index contributed by atoms with van der Waals surface area (Å²) in [4.78, 5) is 4.57. The summed E-state index contributed by atoms with van der Waals surface area (Å²) in [5.41, 5.74) is 1.82. The third kappa shape index (κ3) is 5.87. The fraction of sp³-hybridized carbons (Fsp3) is 0.409. The van der Waals surface area contributed by atoms with E-state index in [1.165, 1.54) is 18.9 Å². The van der Waals surface area contributed by atoms with E-state index in [0.29, 0.717) is 30.8 Å². The van der Waals surface area contributed by atoms with E-state index in [1.807, 2.05) is 32.0 Å². The Morgan fingerprint density at radius 1 is 1.25 bits per heavy atom. The average Bonchev–Trinajstić information content (AvgIpc) is 3.51. The summed E-state index contributed by atoms with van der Waals surface area (Å²) in [5, 5.41) is 15.9. The van der Waals surface area contributed by atoms with Crippen molar-refractivity contribution in [3.63, 3.8) is 0 Å². The molecule has 0 bridgehead atoms. The standard InChI is InChI=1S/C22H28FN3O2/c1-3-24-22(25-13-16-6-9-19(27)10-7-16)26-15(2)18-8-11-21(20(23)12-18)28-14-17-4-5-17/h6-12,15,17,27H,3-5,13-14H2,1-2H3,(H2,24,25,26). The molecule has 0 spiro atoms. The first-order chi connectivity index (χ1) is 13.5. The van der Waals surface area contributed by atoms with Gasteiger partial charge in [-0.25, -0.2) is 9.38 Å². The van der Waals surface area contributed by atoms with Crippen molar-refractivity contribution in [3.05, 3.63) is 59.4 Å². The van der Waals surface area contributed by atoms with E-state index < -0.39 is 0 Å². The Hall–Kier alpha value is -2.76. The van der Waals surface area contributed by atoms with Crippen LogP contribution >= 0.6 is 0 Å². The topological polar surface area (TPSA) is 65.9 Å². The summed E-state index contributed by atoms with van der Waals surface area (Å²) >= 11 is 0. The Balaban J connectivity index is 1.62. The van der Waals surface area contributed by atoms with Gasteiger partial charge < -0.3 is 20.5 Å². The second-order valence-corrected chi connectivity index (χ2v) is 7.17. The molecule has 1 fully saturated rings. The number of guanidine groups is 1. The van der Waals surface area contributed by atoms with Gasteiger partial charge in [-0.3, -0.25) is 0 Å². The quantitative estimate of drug-likeness (QED) is 0.472. The molecule has 0 aliphatic heterocycles. The number of nitrogens with zero attached hydrogens (tertiary/aromatic N) is 1.